The summed E-state index contributed by atoms with van der Waals surface area (Å²) in [5.41, 5.74) is 2.69. The number of fused-ring (bicyclic) bond motifs is 1. The van der Waals surface area contributed by atoms with Crippen LogP contribution < -0.4 is 16.0 Å². The molecule has 29 heavy (non-hydrogen) atoms. The van der Waals surface area contributed by atoms with E-state index in [1.807, 2.05) is 0 Å². The Kier molecular flexibility index (Phi) is 4.93. The zero-order chi connectivity index (χ0) is 20.2. The van der Waals surface area contributed by atoms with Crippen molar-refractivity contribution in [1.82, 2.24) is 19.9 Å². The number of aryl methyl sites for hydroxylation is 1. The molecule has 3 heterocycles. The van der Waals surface area contributed by atoms with Crippen LogP contribution in [0.15, 0.2) is 65.5 Å². The van der Waals surface area contributed by atoms with E-state index >= 15 is 0 Å². The fourth-order valence-corrected chi connectivity index (χ4v) is 2.85. The molecule has 0 spiro atoms. The maximum atomic E-state index is 12.7. The number of benzene rings is 1. The first-order chi connectivity index (χ1) is 14.1. The van der Waals surface area contributed by atoms with E-state index in [4.69, 9.17) is 4.42 Å². The van der Waals surface area contributed by atoms with Gasteiger partial charge in [0.25, 0.3) is 5.91 Å². The van der Waals surface area contributed by atoms with Crippen molar-refractivity contribution in [2.45, 2.75) is 13.5 Å². The summed E-state index contributed by atoms with van der Waals surface area (Å²) in [5, 5.41) is 12.5. The number of aromatic nitrogens is 3. The summed E-state index contributed by atoms with van der Waals surface area (Å²) >= 11 is 0. The van der Waals surface area contributed by atoms with Crippen LogP contribution in [0.1, 0.15) is 21.8 Å². The summed E-state index contributed by atoms with van der Waals surface area (Å²) < 4.78 is 6.73. The molecule has 0 atom stereocenters. The van der Waals surface area contributed by atoms with Gasteiger partial charge in [0, 0.05) is 23.8 Å². The molecule has 3 N–H and O–H groups in total. The van der Waals surface area contributed by atoms with Gasteiger partial charge in [0.05, 0.1) is 18.5 Å². The molecule has 0 aliphatic rings. The summed E-state index contributed by atoms with van der Waals surface area (Å²) in [6.45, 7) is 2.05. The number of hydrogen-bond acceptors (Lipinski definition) is 5. The number of hydrogen-bond donors (Lipinski definition) is 3. The number of anilines is 2. The Morgan fingerprint density at radius 1 is 1.07 bits per heavy atom. The highest BCUT2D eigenvalue weighted by Gasteiger charge is 2.18. The highest BCUT2D eigenvalue weighted by molar-refractivity contribution is 6.09. The lowest BCUT2D eigenvalue weighted by molar-refractivity contribution is 0.102. The highest BCUT2D eigenvalue weighted by atomic mass is 16.3. The molecule has 9 heteroatoms. The smallest absolute Gasteiger partial charge is 0.319 e. The third kappa shape index (κ3) is 4.08. The fourth-order valence-electron chi connectivity index (χ4n) is 2.85. The van der Waals surface area contributed by atoms with Gasteiger partial charge in [-0.3, -0.25) is 4.79 Å². The zero-order valence-corrected chi connectivity index (χ0v) is 15.5. The molecule has 146 valence electrons. The molecular formula is C20H18N6O3. The predicted octanol–water partition coefficient (Wildman–Crippen LogP) is 3.20. The predicted molar refractivity (Wildman–Crippen MR) is 107 cm³/mol. The SMILES string of the molecule is Cc1nn2cccnc2c1C(=O)Nc1ccc(NC(=O)NCc2ccco2)cc1. The molecule has 0 aliphatic heterocycles. The molecule has 0 aliphatic carbocycles. The van der Waals surface area contributed by atoms with E-state index in [0.717, 1.165) is 0 Å². The molecule has 3 aromatic heterocycles. The minimum Gasteiger partial charge on any atom is -0.467 e. The lowest BCUT2D eigenvalue weighted by Crippen LogP contribution is -2.27. The summed E-state index contributed by atoms with van der Waals surface area (Å²) in [6.07, 6.45) is 4.90. The number of furan rings is 1. The molecule has 4 rings (SSSR count). The number of rotatable bonds is 5. The summed E-state index contributed by atoms with van der Waals surface area (Å²) in [4.78, 5) is 28.8. The van der Waals surface area contributed by atoms with Crippen molar-refractivity contribution < 1.29 is 14.0 Å². The van der Waals surface area contributed by atoms with Gasteiger partial charge in [-0.2, -0.15) is 5.10 Å². The van der Waals surface area contributed by atoms with Crippen LogP contribution in [0.3, 0.4) is 0 Å². The van der Waals surface area contributed by atoms with Gasteiger partial charge in [-0.25, -0.2) is 14.3 Å². The van der Waals surface area contributed by atoms with Gasteiger partial charge in [-0.15, -0.1) is 0 Å². The molecule has 9 nitrogen and oxygen atoms in total. The Morgan fingerprint density at radius 3 is 2.55 bits per heavy atom. The first-order valence-electron chi connectivity index (χ1n) is 8.89. The van der Waals surface area contributed by atoms with Gasteiger partial charge in [0.2, 0.25) is 0 Å². The summed E-state index contributed by atoms with van der Waals surface area (Å²) in [7, 11) is 0. The largest absolute Gasteiger partial charge is 0.467 e. The van der Waals surface area contributed by atoms with E-state index in [2.05, 4.69) is 26.0 Å². The lowest BCUT2D eigenvalue weighted by Gasteiger charge is -2.08. The van der Waals surface area contributed by atoms with Crippen molar-refractivity contribution in [2.75, 3.05) is 10.6 Å². The normalized spacial score (nSPS) is 10.7. The van der Waals surface area contributed by atoms with E-state index in [1.54, 1.807) is 72.6 Å². The zero-order valence-electron chi connectivity index (χ0n) is 15.5. The number of carbonyl (C=O) groups is 2. The highest BCUT2D eigenvalue weighted by Crippen LogP contribution is 2.18. The Balaban J connectivity index is 1.38. The van der Waals surface area contributed by atoms with Crippen LogP contribution in [0, 0.1) is 6.92 Å². The number of nitrogens with zero attached hydrogens (tertiary/aromatic N) is 3. The van der Waals surface area contributed by atoms with Crippen molar-refractivity contribution in [3.8, 4) is 0 Å². The van der Waals surface area contributed by atoms with Crippen LogP contribution in [-0.4, -0.2) is 26.5 Å². The van der Waals surface area contributed by atoms with Crippen LogP contribution in [-0.2, 0) is 6.54 Å². The number of amides is 3. The van der Waals surface area contributed by atoms with Gasteiger partial charge in [-0.1, -0.05) is 0 Å². The molecular weight excluding hydrogens is 372 g/mol. The second-order valence-corrected chi connectivity index (χ2v) is 6.27. The maximum absolute atomic E-state index is 12.7. The first-order valence-corrected chi connectivity index (χ1v) is 8.89. The van der Waals surface area contributed by atoms with Crippen LogP contribution in [0.25, 0.3) is 5.65 Å². The van der Waals surface area contributed by atoms with Crippen molar-refractivity contribution >= 4 is 29.0 Å². The van der Waals surface area contributed by atoms with Gasteiger partial charge in [0.1, 0.15) is 11.3 Å². The molecule has 0 saturated heterocycles. The standard InChI is InChI=1S/C20H18N6O3/c1-13-17(18-21-9-3-10-26(18)25-13)19(27)23-14-5-7-15(8-6-14)24-20(28)22-12-16-4-2-11-29-16/h2-11H,12H2,1H3,(H,23,27)(H2,22,24,28). The van der Waals surface area contributed by atoms with E-state index in [-0.39, 0.29) is 11.9 Å². The van der Waals surface area contributed by atoms with Gasteiger partial charge < -0.3 is 20.4 Å². The first kappa shape index (κ1) is 18.2. The van der Waals surface area contributed by atoms with Crippen LogP contribution >= 0.6 is 0 Å². The molecule has 0 bridgehead atoms. The lowest BCUT2D eigenvalue weighted by atomic mass is 10.2. The van der Waals surface area contributed by atoms with E-state index in [0.29, 0.717) is 40.6 Å². The van der Waals surface area contributed by atoms with Crippen LogP contribution in [0.5, 0.6) is 0 Å². The van der Waals surface area contributed by atoms with E-state index in [1.165, 1.54) is 0 Å². The van der Waals surface area contributed by atoms with Crippen LogP contribution in [0.2, 0.25) is 0 Å². The molecule has 0 radical (unpaired) electrons. The Labute approximate surface area is 165 Å². The van der Waals surface area contributed by atoms with Crippen molar-refractivity contribution in [1.29, 1.82) is 0 Å². The Morgan fingerprint density at radius 2 is 1.83 bits per heavy atom. The second-order valence-electron chi connectivity index (χ2n) is 6.27. The van der Waals surface area contributed by atoms with Crippen molar-refractivity contribution in [3.63, 3.8) is 0 Å². The number of carbonyl (C=O) groups excluding carboxylic acids is 2. The maximum Gasteiger partial charge on any atom is 0.319 e. The minimum absolute atomic E-state index is 0.292. The Bertz CT molecular complexity index is 1150. The molecule has 0 fully saturated rings. The fraction of sp³-hybridized carbons (Fsp3) is 0.100. The van der Waals surface area contributed by atoms with Crippen molar-refractivity contribution in [3.05, 3.63) is 78.1 Å². The number of nitrogens with one attached hydrogen (secondary N) is 3. The van der Waals surface area contributed by atoms with Gasteiger partial charge in [0.15, 0.2) is 5.65 Å². The third-order valence-corrected chi connectivity index (χ3v) is 4.20. The van der Waals surface area contributed by atoms with Crippen molar-refractivity contribution in [2.24, 2.45) is 0 Å². The molecule has 0 saturated carbocycles. The average molecular weight is 390 g/mol. The number of urea groups is 1. The molecule has 0 unspecified atom stereocenters. The van der Waals surface area contributed by atoms with Gasteiger partial charge >= 0.3 is 6.03 Å². The minimum atomic E-state index is -0.355. The third-order valence-electron chi connectivity index (χ3n) is 4.20. The van der Waals surface area contributed by atoms with Crippen LogP contribution in [0.4, 0.5) is 16.2 Å². The molecule has 3 amide bonds. The average Bonchev–Trinajstić information content (AvgIpc) is 3.34. The van der Waals surface area contributed by atoms with E-state index in [9.17, 15) is 9.59 Å². The summed E-state index contributed by atoms with van der Waals surface area (Å²) in [6, 6.07) is 11.7. The Hall–Kier alpha value is -4.14. The topological polar surface area (TPSA) is 114 Å². The summed E-state index contributed by atoms with van der Waals surface area (Å²) in [5.74, 6) is 0.365. The van der Waals surface area contributed by atoms with E-state index < -0.39 is 0 Å². The molecule has 4 aromatic rings. The van der Waals surface area contributed by atoms with Gasteiger partial charge in [-0.05, 0) is 49.4 Å². The second kappa shape index (κ2) is 7.85. The molecule has 1 aromatic carbocycles. The monoisotopic (exact) mass is 390 g/mol. The quantitative estimate of drug-likeness (QED) is 0.484.